The van der Waals surface area contributed by atoms with Crippen LogP contribution in [-0.2, 0) is 0 Å². The molecule has 0 spiro atoms. The first kappa shape index (κ1) is 15.0. The highest BCUT2D eigenvalue weighted by Crippen LogP contribution is 2.18. The van der Waals surface area contributed by atoms with Gasteiger partial charge in [-0.05, 0) is 30.3 Å². The van der Waals surface area contributed by atoms with Crippen LogP contribution >= 0.6 is 0 Å². The number of aromatic hydroxyl groups is 1. The fourth-order valence-electron chi connectivity index (χ4n) is 1.73. The highest BCUT2D eigenvalue weighted by Gasteiger charge is 2.08. The molecule has 2 rings (SSSR count). The second-order valence-electron chi connectivity index (χ2n) is 4.30. The average molecular weight is 300 g/mol. The minimum absolute atomic E-state index is 0.00480. The number of carbonyl (C=O) groups is 2. The van der Waals surface area contributed by atoms with E-state index in [9.17, 15) is 14.7 Å². The minimum atomic E-state index is -1.13. The van der Waals surface area contributed by atoms with Gasteiger partial charge in [-0.3, -0.25) is 5.43 Å². The highest BCUT2D eigenvalue weighted by atomic mass is 16.4. The molecule has 22 heavy (non-hydrogen) atoms. The first-order chi connectivity index (χ1) is 10.5. The number of anilines is 1. The lowest BCUT2D eigenvalue weighted by Crippen LogP contribution is -2.02. The van der Waals surface area contributed by atoms with E-state index in [1.54, 1.807) is 12.1 Å². The summed E-state index contributed by atoms with van der Waals surface area (Å²) >= 11 is 0. The van der Waals surface area contributed by atoms with E-state index in [1.165, 1.54) is 36.5 Å². The molecular weight excluding hydrogens is 288 g/mol. The Hall–Kier alpha value is -3.35. The number of hydrazone groups is 1. The molecule has 7 heteroatoms. The number of hydrogen-bond donors (Lipinski definition) is 4. The fraction of sp³-hybridized carbons (Fsp3) is 0. The summed E-state index contributed by atoms with van der Waals surface area (Å²) in [4.78, 5) is 21.9. The molecule has 0 aromatic heterocycles. The molecule has 0 atom stereocenters. The number of carboxylic acids is 2. The van der Waals surface area contributed by atoms with Crippen LogP contribution in [0.1, 0.15) is 26.3 Å². The Kier molecular flexibility index (Phi) is 4.38. The number of hydrogen-bond acceptors (Lipinski definition) is 5. The zero-order chi connectivity index (χ0) is 16.1. The number of phenolic OH excluding ortho intramolecular Hbond substituents is 1. The number of aromatic carboxylic acids is 2. The molecule has 0 fully saturated rings. The van der Waals surface area contributed by atoms with Crippen molar-refractivity contribution in [1.82, 2.24) is 0 Å². The molecule has 0 saturated carbocycles. The van der Waals surface area contributed by atoms with Crippen LogP contribution in [0, 0.1) is 0 Å². The van der Waals surface area contributed by atoms with Gasteiger partial charge >= 0.3 is 11.9 Å². The molecule has 4 N–H and O–H groups in total. The zero-order valence-electron chi connectivity index (χ0n) is 11.2. The third-order valence-corrected chi connectivity index (χ3v) is 2.82. The molecule has 0 aliphatic carbocycles. The van der Waals surface area contributed by atoms with E-state index in [-0.39, 0.29) is 28.1 Å². The van der Waals surface area contributed by atoms with Gasteiger partial charge in [0.15, 0.2) is 0 Å². The number of phenols is 1. The molecule has 0 bridgehead atoms. The van der Waals surface area contributed by atoms with E-state index in [0.717, 1.165) is 0 Å². The minimum Gasteiger partial charge on any atom is -0.507 e. The third-order valence-electron chi connectivity index (χ3n) is 2.82. The van der Waals surface area contributed by atoms with Crippen LogP contribution < -0.4 is 5.43 Å². The van der Waals surface area contributed by atoms with Crippen LogP contribution in [-0.4, -0.2) is 33.5 Å². The molecule has 0 saturated heterocycles. The summed E-state index contributed by atoms with van der Waals surface area (Å²) < 4.78 is 0. The van der Waals surface area contributed by atoms with Crippen LogP contribution in [0.25, 0.3) is 0 Å². The van der Waals surface area contributed by atoms with Crippen molar-refractivity contribution in [2.75, 3.05) is 5.43 Å². The van der Waals surface area contributed by atoms with Crippen molar-refractivity contribution in [1.29, 1.82) is 0 Å². The van der Waals surface area contributed by atoms with Gasteiger partial charge in [0.25, 0.3) is 0 Å². The van der Waals surface area contributed by atoms with Crippen molar-refractivity contribution in [3.8, 4) is 5.75 Å². The average Bonchev–Trinajstić information content (AvgIpc) is 2.49. The summed E-state index contributed by atoms with van der Waals surface area (Å²) in [6, 6.07) is 9.95. The van der Waals surface area contributed by atoms with Crippen LogP contribution in [0.15, 0.2) is 47.6 Å². The van der Waals surface area contributed by atoms with Crippen molar-refractivity contribution in [3.05, 3.63) is 59.2 Å². The van der Waals surface area contributed by atoms with Gasteiger partial charge in [0.1, 0.15) is 5.75 Å². The zero-order valence-corrected chi connectivity index (χ0v) is 11.2. The molecular formula is C15H12N2O5. The number of rotatable bonds is 5. The predicted octanol–water partition coefficient (Wildman–Crippen LogP) is 2.23. The van der Waals surface area contributed by atoms with Gasteiger partial charge in [0.2, 0.25) is 0 Å². The first-order valence-electron chi connectivity index (χ1n) is 6.16. The van der Waals surface area contributed by atoms with Crippen molar-refractivity contribution in [2.45, 2.75) is 0 Å². The summed E-state index contributed by atoms with van der Waals surface area (Å²) in [7, 11) is 0. The number of benzene rings is 2. The van der Waals surface area contributed by atoms with E-state index in [4.69, 9.17) is 10.2 Å². The van der Waals surface area contributed by atoms with E-state index in [2.05, 4.69) is 10.5 Å². The molecule has 0 radical (unpaired) electrons. The molecule has 2 aromatic carbocycles. The van der Waals surface area contributed by atoms with Crippen molar-refractivity contribution in [3.63, 3.8) is 0 Å². The summed E-state index contributed by atoms with van der Waals surface area (Å²) in [6.07, 6.45) is 1.21. The molecule has 0 amide bonds. The highest BCUT2D eigenvalue weighted by molar-refractivity contribution is 5.95. The summed E-state index contributed by atoms with van der Waals surface area (Å²) in [6.45, 7) is 0. The molecule has 7 nitrogen and oxygen atoms in total. The Morgan fingerprint density at radius 1 is 1.05 bits per heavy atom. The van der Waals surface area contributed by atoms with Gasteiger partial charge in [-0.1, -0.05) is 12.1 Å². The number of para-hydroxylation sites is 1. The Bertz CT molecular complexity index is 755. The lowest BCUT2D eigenvalue weighted by Gasteiger charge is -2.05. The molecule has 0 aliphatic rings. The fourth-order valence-corrected chi connectivity index (χ4v) is 1.73. The monoisotopic (exact) mass is 300 g/mol. The van der Waals surface area contributed by atoms with E-state index in [0.29, 0.717) is 0 Å². The van der Waals surface area contributed by atoms with Crippen LogP contribution in [0.5, 0.6) is 5.75 Å². The van der Waals surface area contributed by atoms with Crippen LogP contribution in [0.4, 0.5) is 5.69 Å². The normalized spacial score (nSPS) is 10.5. The summed E-state index contributed by atoms with van der Waals surface area (Å²) in [5.74, 6) is -2.37. The Morgan fingerprint density at radius 2 is 1.77 bits per heavy atom. The van der Waals surface area contributed by atoms with Gasteiger partial charge < -0.3 is 15.3 Å². The van der Waals surface area contributed by atoms with E-state index < -0.39 is 11.9 Å². The Balaban J connectivity index is 2.22. The number of nitrogens with zero attached hydrogens (tertiary/aromatic N) is 1. The third kappa shape index (κ3) is 3.40. The van der Waals surface area contributed by atoms with Gasteiger partial charge in [-0.2, -0.15) is 5.10 Å². The second-order valence-corrected chi connectivity index (χ2v) is 4.30. The van der Waals surface area contributed by atoms with Gasteiger partial charge in [0, 0.05) is 5.56 Å². The maximum Gasteiger partial charge on any atom is 0.337 e. The van der Waals surface area contributed by atoms with Crippen molar-refractivity contribution in [2.24, 2.45) is 5.10 Å². The topological polar surface area (TPSA) is 119 Å². The lowest BCUT2D eigenvalue weighted by molar-refractivity contribution is 0.0686. The Morgan fingerprint density at radius 3 is 2.45 bits per heavy atom. The molecule has 112 valence electrons. The standard InChI is InChI=1S/C15H12N2O5/c18-13-6-5-9(14(19)20)7-10(13)8-16-17-12-4-2-1-3-11(12)15(21)22/h1-8,17-18H,(H,19,20)(H,21,22)/b16-8+. The van der Waals surface area contributed by atoms with Crippen LogP contribution in [0.3, 0.4) is 0 Å². The van der Waals surface area contributed by atoms with Gasteiger partial charge in [-0.15, -0.1) is 0 Å². The summed E-state index contributed by atoms with van der Waals surface area (Å²) in [5, 5.41) is 31.4. The maximum atomic E-state index is 11.0. The Labute approximate surface area is 125 Å². The first-order valence-corrected chi connectivity index (χ1v) is 6.16. The number of nitrogens with one attached hydrogen (secondary N) is 1. The van der Waals surface area contributed by atoms with E-state index >= 15 is 0 Å². The molecule has 0 heterocycles. The SMILES string of the molecule is O=C(O)c1ccc(O)c(/C=N/Nc2ccccc2C(=O)O)c1. The lowest BCUT2D eigenvalue weighted by atomic mass is 10.1. The van der Waals surface area contributed by atoms with Crippen molar-refractivity contribution < 1.29 is 24.9 Å². The predicted molar refractivity (Wildman–Crippen MR) is 79.7 cm³/mol. The van der Waals surface area contributed by atoms with Gasteiger partial charge in [-0.25, -0.2) is 9.59 Å². The van der Waals surface area contributed by atoms with Gasteiger partial charge in [0.05, 0.1) is 23.0 Å². The van der Waals surface area contributed by atoms with Crippen LogP contribution in [0.2, 0.25) is 0 Å². The maximum absolute atomic E-state index is 11.0. The second kappa shape index (κ2) is 6.40. The molecule has 0 unspecified atom stereocenters. The van der Waals surface area contributed by atoms with Crippen molar-refractivity contribution >= 4 is 23.8 Å². The number of carboxylic acid groups (broad SMARTS) is 2. The molecule has 2 aromatic rings. The smallest absolute Gasteiger partial charge is 0.337 e. The van der Waals surface area contributed by atoms with E-state index in [1.807, 2.05) is 0 Å². The largest absolute Gasteiger partial charge is 0.507 e. The summed E-state index contributed by atoms with van der Waals surface area (Å²) in [5.41, 5.74) is 3.07. The quantitative estimate of drug-likeness (QED) is 0.496. The molecule has 0 aliphatic heterocycles.